The van der Waals surface area contributed by atoms with E-state index in [9.17, 15) is 0 Å². The maximum Gasteiger partial charge on any atom is 0.177 e. The van der Waals surface area contributed by atoms with Gasteiger partial charge in [0.2, 0.25) is 0 Å². The number of rotatable bonds is 3. The molecule has 0 aromatic carbocycles. The Morgan fingerprint density at radius 3 is 3.16 bits per heavy atom. The number of hydrogen-bond donors (Lipinski definition) is 1. The molecule has 19 heavy (non-hydrogen) atoms. The predicted octanol–water partition coefficient (Wildman–Crippen LogP) is 2.62. The average molecular weight is 258 g/mol. The quantitative estimate of drug-likeness (QED) is 0.920. The summed E-state index contributed by atoms with van der Waals surface area (Å²) in [4.78, 5) is 14.9. The molecule has 0 aliphatic carbocycles. The first kappa shape index (κ1) is 12.6. The summed E-state index contributed by atoms with van der Waals surface area (Å²) in [5.41, 5.74) is 1.89. The first-order valence-corrected chi connectivity index (χ1v) is 7.26. The highest BCUT2D eigenvalue weighted by Crippen LogP contribution is 2.22. The van der Waals surface area contributed by atoms with E-state index in [0.29, 0.717) is 6.04 Å². The van der Waals surface area contributed by atoms with Crippen molar-refractivity contribution in [1.82, 2.24) is 19.9 Å². The van der Waals surface area contributed by atoms with Crippen LogP contribution >= 0.6 is 0 Å². The van der Waals surface area contributed by atoms with E-state index in [1.165, 1.54) is 25.9 Å². The molecule has 4 heteroatoms. The van der Waals surface area contributed by atoms with E-state index in [-0.39, 0.29) is 0 Å². The minimum atomic E-state index is 0.653. The highest BCUT2D eigenvalue weighted by molar-refractivity contribution is 5.69. The topological polar surface area (TPSA) is 44.8 Å². The molecule has 0 amide bonds. The number of fused-ring (bicyclic) bond motifs is 1. The Balaban J connectivity index is 1.70. The van der Waals surface area contributed by atoms with Gasteiger partial charge in [-0.2, -0.15) is 0 Å². The Bertz CT molecular complexity index is 513. The van der Waals surface area contributed by atoms with Crippen LogP contribution in [0.2, 0.25) is 0 Å². The van der Waals surface area contributed by atoms with Crippen molar-refractivity contribution >= 4 is 11.2 Å². The largest absolute Gasteiger partial charge is 0.341 e. The first-order valence-electron chi connectivity index (χ1n) is 7.26. The minimum absolute atomic E-state index is 0.653. The molecule has 1 saturated heterocycles. The summed E-state index contributed by atoms with van der Waals surface area (Å²) < 4.78 is 0. The van der Waals surface area contributed by atoms with Gasteiger partial charge in [0.05, 0.1) is 5.52 Å². The van der Waals surface area contributed by atoms with Crippen molar-refractivity contribution < 1.29 is 0 Å². The van der Waals surface area contributed by atoms with Gasteiger partial charge in [-0.3, -0.25) is 0 Å². The monoisotopic (exact) mass is 258 g/mol. The fourth-order valence-corrected chi connectivity index (χ4v) is 3.00. The molecule has 0 saturated carbocycles. The van der Waals surface area contributed by atoms with Crippen LogP contribution in [0.3, 0.4) is 0 Å². The number of piperidine rings is 1. The SMILES string of the molecule is CC(C)N1CCCC(Cc2nc3ncccc3[nH]2)C1. The van der Waals surface area contributed by atoms with Crippen LogP contribution in [-0.2, 0) is 6.42 Å². The zero-order valence-corrected chi connectivity index (χ0v) is 11.8. The van der Waals surface area contributed by atoms with E-state index in [1.807, 2.05) is 12.1 Å². The third kappa shape index (κ3) is 2.78. The van der Waals surface area contributed by atoms with Gasteiger partial charge in [-0.05, 0) is 51.3 Å². The summed E-state index contributed by atoms with van der Waals surface area (Å²) in [5, 5.41) is 0. The number of pyridine rings is 1. The molecule has 2 aromatic rings. The number of likely N-dealkylation sites (tertiary alicyclic amines) is 1. The Morgan fingerprint density at radius 1 is 1.47 bits per heavy atom. The van der Waals surface area contributed by atoms with Crippen LogP contribution in [0.4, 0.5) is 0 Å². The lowest BCUT2D eigenvalue weighted by Gasteiger charge is -2.35. The second kappa shape index (κ2) is 5.29. The number of H-pyrrole nitrogens is 1. The molecule has 3 rings (SSSR count). The van der Waals surface area contributed by atoms with Crippen molar-refractivity contribution in [2.45, 2.75) is 39.2 Å². The van der Waals surface area contributed by atoms with Crippen LogP contribution in [0, 0.1) is 5.92 Å². The Hall–Kier alpha value is -1.42. The fraction of sp³-hybridized carbons (Fsp3) is 0.600. The smallest absolute Gasteiger partial charge is 0.177 e. The lowest BCUT2D eigenvalue weighted by atomic mass is 9.94. The summed E-state index contributed by atoms with van der Waals surface area (Å²) in [6, 6.07) is 4.64. The number of hydrogen-bond acceptors (Lipinski definition) is 3. The van der Waals surface area contributed by atoms with Gasteiger partial charge in [-0.1, -0.05) is 0 Å². The van der Waals surface area contributed by atoms with Crippen LogP contribution in [0.15, 0.2) is 18.3 Å². The van der Waals surface area contributed by atoms with Crippen LogP contribution in [0.25, 0.3) is 11.2 Å². The number of aromatic nitrogens is 3. The van der Waals surface area contributed by atoms with Gasteiger partial charge in [-0.25, -0.2) is 9.97 Å². The number of aromatic amines is 1. The Kier molecular flexibility index (Phi) is 3.51. The van der Waals surface area contributed by atoms with Gasteiger partial charge in [0.25, 0.3) is 0 Å². The molecule has 0 bridgehead atoms. The summed E-state index contributed by atoms with van der Waals surface area (Å²) >= 11 is 0. The average Bonchev–Trinajstić information content (AvgIpc) is 2.81. The molecule has 1 aliphatic heterocycles. The molecule has 3 heterocycles. The number of imidazole rings is 1. The second-order valence-corrected chi connectivity index (χ2v) is 5.86. The molecule has 4 nitrogen and oxygen atoms in total. The van der Waals surface area contributed by atoms with Gasteiger partial charge < -0.3 is 9.88 Å². The summed E-state index contributed by atoms with van der Waals surface area (Å²) in [6.07, 6.45) is 5.46. The molecule has 102 valence electrons. The molecule has 1 N–H and O–H groups in total. The van der Waals surface area contributed by atoms with Gasteiger partial charge in [0.1, 0.15) is 5.82 Å². The van der Waals surface area contributed by atoms with Gasteiger partial charge in [-0.15, -0.1) is 0 Å². The highest BCUT2D eigenvalue weighted by atomic mass is 15.2. The normalized spacial score (nSPS) is 21.3. The van der Waals surface area contributed by atoms with E-state index < -0.39 is 0 Å². The Morgan fingerprint density at radius 2 is 2.37 bits per heavy atom. The summed E-state index contributed by atoms with van der Waals surface area (Å²) in [7, 11) is 0. The second-order valence-electron chi connectivity index (χ2n) is 5.86. The van der Waals surface area contributed by atoms with Crippen LogP contribution in [-0.4, -0.2) is 39.0 Å². The van der Waals surface area contributed by atoms with Crippen LogP contribution < -0.4 is 0 Å². The van der Waals surface area contributed by atoms with E-state index in [1.54, 1.807) is 6.20 Å². The van der Waals surface area contributed by atoms with E-state index >= 15 is 0 Å². The first-order chi connectivity index (χ1) is 9.22. The van der Waals surface area contributed by atoms with Crippen molar-refractivity contribution in [1.29, 1.82) is 0 Å². The highest BCUT2D eigenvalue weighted by Gasteiger charge is 2.22. The standard InChI is InChI=1S/C15H22N4/c1-11(2)19-8-4-5-12(10-19)9-14-17-13-6-3-7-16-15(13)18-14/h3,6-7,11-12H,4-5,8-10H2,1-2H3,(H,16,17,18). The maximum atomic E-state index is 4.59. The molecule has 1 unspecified atom stereocenters. The van der Waals surface area contributed by atoms with Crippen molar-refractivity contribution in [2.75, 3.05) is 13.1 Å². The molecule has 0 spiro atoms. The Labute approximate surface area is 114 Å². The maximum absolute atomic E-state index is 4.59. The van der Waals surface area contributed by atoms with E-state index in [4.69, 9.17) is 0 Å². The molecule has 1 aliphatic rings. The lowest BCUT2D eigenvalue weighted by molar-refractivity contribution is 0.139. The lowest BCUT2D eigenvalue weighted by Crippen LogP contribution is -2.40. The number of nitrogens with zero attached hydrogens (tertiary/aromatic N) is 3. The minimum Gasteiger partial charge on any atom is -0.341 e. The molecular weight excluding hydrogens is 236 g/mol. The summed E-state index contributed by atoms with van der Waals surface area (Å²) in [5.74, 6) is 1.81. The fourth-order valence-electron chi connectivity index (χ4n) is 3.00. The van der Waals surface area contributed by atoms with E-state index in [0.717, 1.165) is 29.3 Å². The van der Waals surface area contributed by atoms with Gasteiger partial charge >= 0.3 is 0 Å². The zero-order chi connectivity index (χ0) is 13.2. The predicted molar refractivity (Wildman–Crippen MR) is 77.0 cm³/mol. The summed E-state index contributed by atoms with van der Waals surface area (Å²) in [6.45, 7) is 7.01. The molecule has 1 fully saturated rings. The molecular formula is C15H22N4. The van der Waals surface area contributed by atoms with Crippen LogP contribution in [0.1, 0.15) is 32.5 Å². The third-order valence-electron chi connectivity index (χ3n) is 4.07. The molecule has 0 radical (unpaired) electrons. The van der Waals surface area contributed by atoms with E-state index in [2.05, 4.69) is 33.7 Å². The van der Waals surface area contributed by atoms with Crippen LogP contribution in [0.5, 0.6) is 0 Å². The molecule has 2 aromatic heterocycles. The number of nitrogens with one attached hydrogen (secondary N) is 1. The third-order valence-corrected chi connectivity index (χ3v) is 4.07. The van der Waals surface area contributed by atoms with Crippen molar-refractivity contribution in [3.63, 3.8) is 0 Å². The van der Waals surface area contributed by atoms with Crippen molar-refractivity contribution in [2.24, 2.45) is 5.92 Å². The van der Waals surface area contributed by atoms with Crippen molar-refractivity contribution in [3.05, 3.63) is 24.2 Å². The zero-order valence-electron chi connectivity index (χ0n) is 11.8. The van der Waals surface area contributed by atoms with Crippen molar-refractivity contribution in [3.8, 4) is 0 Å². The van der Waals surface area contributed by atoms with Gasteiger partial charge in [0.15, 0.2) is 5.65 Å². The van der Waals surface area contributed by atoms with Gasteiger partial charge in [0, 0.05) is 25.2 Å². The molecule has 1 atom stereocenters.